The molecule has 2 amide bonds. The number of hydrogen-bond acceptors (Lipinski definition) is 7. The van der Waals surface area contributed by atoms with Crippen molar-refractivity contribution in [1.82, 2.24) is 10.3 Å². The van der Waals surface area contributed by atoms with Crippen LogP contribution in [-0.2, 0) is 27.7 Å². The van der Waals surface area contributed by atoms with Crippen molar-refractivity contribution in [1.29, 1.82) is 0 Å². The Kier molecular flexibility index (Phi) is 6.75. The van der Waals surface area contributed by atoms with Crippen LogP contribution >= 0.6 is 22.7 Å². The van der Waals surface area contributed by atoms with Crippen LogP contribution in [0.4, 0.5) is 5.13 Å². The molecule has 0 fully saturated rings. The van der Waals surface area contributed by atoms with Gasteiger partial charge in [-0.3, -0.25) is 14.9 Å². The number of sulfonamides is 1. The molecule has 0 saturated heterocycles. The van der Waals surface area contributed by atoms with Gasteiger partial charge in [-0.05, 0) is 35.6 Å². The first-order valence-electron chi connectivity index (χ1n) is 8.47. The van der Waals surface area contributed by atoms with Gasteiger partial charge in [0.2, 0.25) is 15.9 Å². The Labute approximate surface area is 175 Å². The Balaban J connectivity index is 1.44. The zero-order valence-corrected chi connectivity index (χ0v) is 17.6. The predicted octanol–water partition coefficient (Wildman–Crippen LogP) is 2.01. The Bertz CT molecular complexity index is 1090. The minimum Gasteiger partial charge on any atom is -0.355 e. The molecule has 2 aromatic heterocycles. The number of rotatable bonds is 8. The van der Waals surface area contributed by atoms with E-state index in [-0.39, 0.29) is 23.1 Å². The monoisotopic (exact) mass is 450 g/mol. The molecule has 0 saturated carbocycles. The SMILES string of the molecule is NS(=O)(=O)c1ccc(CCNC(=O)Cc2csc(NC(=O)c3ccsc3)n2)cc1. The molecule has 0 aliphatic carbocycles. The van der Waals surface area contributed by atoms with Gasteiger partial charge in [-0.1, -0.05) is 12.1 Å². The summed E-state index contributed by atoms with van der Waals surface area (Å²) in [5, 5.41) is 16.3. The van der Waals surface area contributed by atoms with Crippen molar-refractivity contribution in [2.75, 3.05) is 11.9 Å². The number of primary sulfonamides is 1. The van der Waals surface area contributed by atoms with E-state index in [9.17, 15) is 18.0 Å². The van der Waals surface area contributed by atoms with Crippen molar-refractivity contribution in [3.63, 3.8) is 0 Å². The second-order valence-electron chi connectivity index (χ2n) is 6.08. The summed E-state index contributed by atoms with van der Waals surface area (Å²) in [5.74, 6) is -0.419. The van der Waals surface area contributed by atoms with E-state index in [4.69, 9.17) is 5.14 Å². The van der Waals surface area contributed by atoms with Crippen LogP contribution in [0.25, 0.3) is 0 Å². The number of nitrogens with two attached hydrogens (primary N) is 1. The van der Waals surface area contributed by atoms with Crippen LogP contribution in [0.3, 0.4) is 0 Å². The Morgan fingerprint density at radius 1 is 1.10 bits per heavy atom. The Morgan fingerprint density at radius 3 is 2.52 bits per heavy atom. The van der Waals surface area contributed by atoms with Gasteiger partial charge in [0.1, 0.15) is 0 Å². The molecule has 0 aliphatic rings. The number of amides is 2. The molecule has 0 aliphatic heterocycles. The molecule has 8 nitrogen and oxygen atoms in total. The molecule has 2 heterocycles. The highest BCUT2D eigenvalue weighted by molar-refractivity contribution is 7.89. The molecule has 0 bridgehead atoms. The molecule has 0 unspecified atom stereocenters. The molecule has 0 spiro atoms. The van der Waals surface area contributed by atoms with Crippen LogP contribution < -0.4 is 15.8 Å². The molecular formula is C18H18N4O4S3. The van der Waals surface area contributed by atoms with E-state index < -0.39 is 10.0 Å². The van der Waals surface area contributed by atoms with Gasteiger partial charge >= 0.3 is 0 Å². The third-order valence-corrected chi connectivity index (χ3v) is 6.30. The van der Waals surface area contributed by atoms with Gasteiger partial charge < -0.3 is 5.32 Å². The normalized spacial score (nSPS) is 11.2. The van der Waals surface area contributed by atoms with Crippen LogP contribution in [0.15, 0.2) is 51.4 Å². The lowest BCUT2D eigenvalue weighted by molar-refractivity contribution is -0.120. The van der Waals surface area contributed by atoms with E-state index in [0.717, 1.165) is 5.56 Å². The van der Waals surface area contributed by atoms with Gasteiger partial charge in [0.05, 0.1) is 22.6 Å². The molecule has 29 heavy (non-hydrogen) atoms. The fourth-order valence-corrected chi connectivity index (χ4v) is 4.28. The quantitative estimate of drug-likeness (QED) is 0.483. The highest BCUT2D eigenvalue weighted by Gasteiger charge is 2.12. The summed E-state index contributed by atoms with van der Waals surface area (Å²) in [6.45, 7) is 0.402. The largest absolute Gasteiger partial charge is 0.355 e. The van der Waals surface area contributed by atoms with E-state index in [1.165, 1.54) is 34.8 Å². The van der Waals surface area contributed by atoms with Gasteiger partial charge in [-0.25, -0.2) is 18.5 Å². The number of aromatic nitrogens is 1. The summed E-state index contributed by atoms with van der Waals surface area (Å²) in [6, 6.07) is 7.93. The van der Waals surface area contributed by atoms with Crippen LogP contribution in [0.2, 0.25) is 0 Å². The third kappa shape index (κ3) is 6.19. The first-order valence-corrected chi connectivity index (χ1v) is 11.8. The second-order valence-corrected chi connectivity index (χ2v) is 9.28. The number of carbonyl (C=O) groups excluding carboxylic acids is 2. The number of nitrogens with zero attached hydrogens (tertiary/aromatic N) is 1. The van der Waals surface area contributed by atoms with E-state index in [2.05, 4.69) is 15.6 Å². The Hall–Kier alpha value is -2.60. The van der Waals surface area contributed by atoms with Gasteiger partial charge in [0.25, 0.3) is 5.91 Å². The molecule has 0 atom stereocenters. The number of anilines is 1. The average Bonchev–Trinajstić information content (AvgIpc) is 3.34. The van der Waals surface area contributed by atoms with Crippen molar-refractivity contribution in [3.05, 3.63) is 63.3 Å². The van der Waals surface area contributed by atoms with Crippen molar-refractivity contribution in [2.24, 2.45) is 5.14 Å². The summed E-state index contributed by atoms with van der Waals surface area (Å²) < 4.78 is 22.5. The summed E-state index contributed by atoms with van der Waals surface area (Å²) in [4.78, 5) is 28.4. The lowest BCUT2D eigenvalue weighted by atomic mass is 10.1. The third-order valence-electron chi connectivity index (χ3n) is 3.88. The van der Waals surface area contributed by atoms with Gasteiger partial charge in [-0.2, -0.15) is 11.3 Å². The molecule has 11 heteroatoms. The summed E-state index contributed by atoms with van der Waals surface area (Å²) in [6.07, 6.45) is 0.658. The maximum atomic E-state index is 12.1. The van der Waals surface area contributed by atoms with Crippen molar-refractivity contribution in [2.45, 2.75) is 17.7 Å². The standard InChI is InChI=1S/C18H18N4O4S3/c19-29(25,26)15-3-1-12(2-4-15)5-7-20-16(23)9-14-11-28-18(21-14)22-17(24)13-6-8-27-10-13/h1-4,6,8,10-11H,5,7,9H2,(H,20,23)(H2,19,25,26)(H,21,22,24). The zero-order chi connectivity index (χ0) is 20.9. The maximum Gasteiger partial charge on any atom is 0.258 e. The molecule has 1 aromatic carbocycles. The topological polar surface area (TPSA) is 131 Å². The van der Waals surface area contributed by atoms with E-state index in [0.29, 0.717) is 29.4 Å². The van der Waals surface area contributed by atoms with Gasteiger partial charge in [0.15, 0.2) is 5.13 Å². The minimum absolute atomic E-state index is 0.0516. The fraction of sp³-hybridized carbons (Fsp3) is 0.167. The summed E-state index contributed by atoms with van der Waals surface area (Å²) >= 11 is 2.70. The smallest absolute Gasteiger partial charge is 0.258 e. The van der Waals surface area contributed by atoms with E-state index in [1.807, 2.05) is 5.38 Å². The number of carbonyl (C=O) groups is 2. The van der Waals surface area contributed by atoms with Crippen molar-refractivity contribution < 1.29 is 18.0 Å². The molecule has 3 aromatic rings. The van der Waals surface area contributed by atoms with Crippen molar-refractivity contribution in [3.8, 4) is 0 Å². The molecule has 4 N–H and O–H groups in total. The summed E-state index contributed by atoms with van der Waals surface area (Å²) in [5.41, 5.74) is 2.02. The first kappa shape index (κ1) is 21.1. The van der Waals surface area contributed by atoms with Crippen LogP contribution in [0, 0.1) is 0 Å². The van der Waals surface area contributed by atoms with Crippen LogP contribution in [-0.4, -0.2) is 31.8 Å². The number of benzene rings is 1. The predicted molar refractivity (Wildman–Crippen MR) is 113 cm³/mol. The number of thiazole rings is 1. The van der Waals surface area contributed by atoms with Crippen molar-refractivity contribution >= 4 is 49.6 Å². The number of thiophene rings is 1. The highest BCUT2D eigenvalue weighted by Crippen LogP contribution is 2.17. The lowest BCUT2D eigenvalue weighted by Crippen LogP contribution is -2.27. The molecule has 3 rings (SSSR count). The molecular weight excluding hydrogens is 432 g/mol. The van der Waals surface area contributed by atoms with E-state index in [1.54, 1.807) is 29.0 Å². The zero-order valence-electron chi connectivity index (χ0n) is 15.1. The molecule has 152 valence electrons. The minimum atomic E-state index is -3.71. The Morgan fingerprint density at radius 2 is 1.86 bits per heavy atom. The average molecular weight is 451 g/mol. The lowest BCUT2D eigenvalue weighted by Gasteiger charge is -2.05. The van der Waals surface area contributed by atoms with Crippen LogP contribution in [0.5, 0.6) is 0 Å². The van der Waals surface area contributed by atoms with Gasteiger partial charge in [0, 0.05) is 17.3 Å². The number of hydrogen-bond donors (Lipinski definition) is 3. The molecule has 0 radical (unpaired) electrons. The second kappa shape index (κ2) is 9.27. The van der Waals surface area contributed by atoms with E-state index >= 15 is 0 Å². The number of nitrogens with one attached hydrogen (secondary N) is 2. The summed E-state index contributed by atoms with van der Waals surface area (Å²) in [7, 11) is -3.71. The first-order chi connectivity index (χ1) is 13.8. The highest BCUT2D eigenvalue weighted by atomic mass is 32.2. The fourth-order valence-electron chi connectivity index (χ4n) is 2.43. The van der Waals surface area contributed by atoms with Gasteiger partial charge in [-0.15, -0.1) is 11.3 Å². The van der Waals surface area contributed by atoms with Crippen LogP contribution in [0.1, 0.15) is 21.6 Å². The maximum absolute atomic E-state index is 12.1.